The summed E-state index contributed by atoms with van der Waals surface area (Å²) in [5.74, 6) is -0.436. The molecule has 0 aromatic heterocycles. The topological polar surface area (TPSA) is 66.5 Å². The van der Waals surface area contributed by atoms with Crippen molar-refractivity contribution in [3.8, 4) is 0 Å². The van der Waals surface area contributed by atoms with Crippen molar-refractivity contribution in [1.29, 1.82) is 0 Å². The standard InChI is InChI=1S/C23H29BrN2O3S/c1-15-12-17(3)22(13-16(15)2)18(4)25-23(27)19-6-5-11-26(14-19)30(28,29)21-9-7-20(24)8-10-21/h7-10,12-13,18-19H,5-6,11,14H2,1-4H3,(H,25,27)/t18-,19+/m0/s1. The third kappa shape index (κ3) is 4.95. The molecule has 2 aromatic carbocycles. The second-order valence-electron chi connectivity index (χ2n) is 8.18. The van der Waals surface area contributed by atoms with Gasteiger partial charge in [0.15, 0.2) is 0 Å². The number of aryl methyl sites for hydroxylation is 3. The van der Waals surface area contributed by atoms with Crippen molar-refractivity contribution in [3.05, 3.63) is 63.1 Å². The van der Waals surface area contributed by atoms with E-state index in [4.69, 9.17) is 0 Å². The lowest BCUT2D eigenvalue weighted by Crippen LogP contribution is -2.45. The molecule has 1 aliphatic rings. The minimum atomic E-state index is -3.61. The first-order valence-corrected chi connectivity index (χ1v) is 12.5. The van der Waals surface area contributed by atoms with Gasteiger partial charge in [0.2, 0.25) is 15.9 Å². The van der Waals surface area contributed by atoms with Crippen LogP contribution in [0.2, 0.25) is 0 Å². The second-order valence-corrected chi connectivity index (χ2v) is 11.0. The molecule has 1 amide bonds. The van der Waals surface area contributed by atoms with Gasteiger partial charge in [0.05, 0.1) is 16.9 Å². The number of carbonyl (C=O) groups excluding carboxylic acids is 1. The Morgan fingerprint density at radius 1 is 1.10 bits per heavy atom. The molecule has 162 valence electrons. The summed E-state index contributed by atoms with van der Waals surface area (Å²) in [6.07, 6.45) is 1.36. The Balaban J connectivity index is 1.71. The van der Waals surface area contributed by atoms with Gasteiger partial charge in [-0.05, 0) is 87.1 Å². The van der Waals surface area contributed by atoms with Gasteiger partial charge in [-0.2, -0.15) is 4.31 Å². The highest BCUT2D eigenvalue weighted by Gasteiger charge is 2.33. The van der Waals surface area contributed by atoms with Crippen molar-refractivity contribution in [2.45, 2.75) is 51.5 Å². The Morgan fingerprint density at radius 3 is 2.40 bits per heavy atom. The average molecular weight is 493 g/mol. The minimum absolute atomic E-state index is 0.0872. The number of nitrogens with zero attached hydrogens (tertiary/aromatic N) is 1. The largest absolute Gasteiger partial charge is 0.349 e. The monoisotopic (exact) mass is 492 g/mol. The van der Waals surface area contributed by atoms with Crippen LogP contribution in [0.3, 0.4) is 0 Å². The molecule has 0 bridgehead atoms. The van der Waals surface area contributed by atoms with E-state index in [0.717, 1.165) is 15.6 Å². The van der Waals surface area contributed by atoms with Gasteiger partial charge < -0.3 is 5.32 Å². The summed E-state index contributed by atoms with van der Waals surface area (Å²) in [6.45, 7) is 8.83. The van der Waals surface area contributed by atoms with E-state index in [0.29, 0.717) is 19.4 Å². The van der Waals surface area contributed by atoms with Crippen LogP contribution in [-0.2, 0) is 14.8 Å². The Labute approximate surface area is 188 Å². The second kappa shape index (κ2) is 9.20. The number of benzene rings is 2. The van der Waals surface area contributed by atoms with Crippen LogP contribution in [0.4, 0.5) is 0 Å². The Kier molecular flexibility index (Phi) is 7.05. The number of amides is 1. The van der Waals surface area contributed by atoms with E-state index in [1.165, 1.54) is 15.4 Å². The lowest BCUT2D eigenvalue weighted by atomic mass is 9.95. The molecule has 0 unspecified atom stereocenters. The third-order valence-electron chi connectivity index (χ3n) is 5.91. The molecule has 30 heavy (non-hydrogen) atoms. The van der Waals surface area contributed by atoms with Gasteiger partial charge in [-0.1, -0.05) is 28.1 Å². The molecule has 1 aliphatic heterocycles. The highest BCUT2D eigenvalue weighted by atomic mass is 79.9. The summed E-state index contributed by atoms with van der Waals surface area (Å²) < 4.78 is 28.3. The van der Waals surface area contributed by atoms with Crippen LogP contribution in [0, 0.1) is 26.7 Å². The summed E-state index contributed by atoms with van der Waals surface area (Å²) in [7, 11) is -3.61. The van der Waals surface area contributed by atoms with Gasteiger partial charge in [-0.3, -0.25) is 4.79 Å². The van der Waals surface area contributed by atoms with Crippen LogP contribution in [-0.4, -0.2) is 31.7 Å². The first-order chi connectivity index (χ1) is 14.1. The summed E-state index contributed by atoms with van der Waals surface area (Å²) >= 11 is 3.33. The van der Waals surface area contributed by atoms with E-state index >= 15 is 0 Å². The fraction of sp³-hybridized carbons (Fsp3) is 0.435. The van der Waals surface area contributed by atoms with Crippen molar-refractivity contribution in [2.24, 2.45) is 5.92 Å². The molecular weight excluding hydrogens is 464 g/mol. The zero-order chi connectivity index (χ0) is 22.1. The van der Waals surface area contributed by atoms with Crippen molar-refractivity contribution >= 4 is 31.9 Å². The number of hydrogen-bond acceptors (Lipinski definition) is 3. The normalized spacial score (nSPS) is 18.8. The number of rotatable bonds is 5. The highest BCUT2D eigenvalue weighted by molar-refractivity contribution is 9.10. The van der Waals surface area contributed by atoms with Gasteiger partial charge in [-0.25, -0.2) is 8.42 Å². The molecule has 2 atom stereocenters. The van der Waals surface area contributed by atoms with Crippen LogP contribution < -0.4 is 5.32 Å². The van der Waals surface area contributed by atoms with E-state index in [1.807, 2.05) is 6.92 Å². The molecule has 3 rings (SSSR count). The average Bonchev–Trinajstić information content (AvgIpc) is 2.71. The van der Waals surface area contributed by atoms with Crippen LogP contribution in [0.1, 0.15) is 48.1 Å². The van der Waals surface area contributed by atoms with E-state index in [1.54, 1.807) is 24.3 Å². The van der Waals surface area contributed by atoms with Crippen molar-refractivity contribution < 1.29 is 13.2 Å². The van der Waals surface area contributed by atoms with Gasteiger partial charge in [0.1, 0.15) is 0 Å². The van der Waals surface area contributed by atoms with E-state index in [2.05, 4.69) is 54.2 Å². The van der Waals surface area contributed by atoms with Crippen molar-refractivity contribution in [3.63, 3.8) is 0 Å². The lowest BCUT2D eigenvalue weighted by molar-refractivity contribution is -0.126. The van der Waals surface area contributed by atoms with E-state index in [-0.39, 0.29) is 29.3 Å². The van der Waals surface area contributed by atoms with Crippen LogP contribution in [0.25, 0.3) is 0 Å². The maximum Gasteiger partial charge on any atom is 0.243 e. The SMILES string of the molecule is Cc1cc(C)c([C@H](C)NC(=O)[C@@H]2CCCN(S(=O)(=O)c3ccc(Br)cc3)C2)cc1C. The van der Waals surface area contributed by atoms with Crippen molar-refractivity contribution in [1.82, 2.24) is 9.62 Å². The zero-order valence-corrected chi connectivity index (χ0v) is 20.3. The van der Waals surface area contributed by atoms with Crippen molar-refractivity contribution in [2.75, 3.05) is 13.1 Å². The van der Waals surface area contributed by atoms with Gasteiger partial charge in [0.25, 0.3) is 0 Å². The summed E-state index contributed by atoms with van der Waals surface area (Å²) in [6, 6.07) is 10.8. The van der Waals surface area contributed by atoms with Gasteiger partial charge >= 0.3 is 0 Å². The Hall–Kier alpha value is -1.70. The summed E-state index contributed by atoms with van der Waals surface area (Å²) in [5, 5.41) is 3.11. The van der Waals surface area contributed by atoms with Crippen LogP contribution >= 0.6 is 15.9 Å². The molecule has 7 heteroatoms. The smallest absolute Gasteiger partial charge is 0.243 e. The first-order valence-electron chi connectivity index (χ1n) is 10.2. The maximum absolute atomic E-state index is 13.0. The quantitative estimate of drug-likeness (QED) is 0.660. The molecule has 1 fully saturated rings. The lowest BCUT2D eigenvalue weighted by Gasteiger charge is -2.32. The predicted molar refractivity (Wildman–Crippen MR) is 123 cm³/mol. The minimum Gasteiger partial charge on any atom is -0.349 e. The molecule has 0 saturated carbocycles. The number of halogens is 1. The van der Waals surface area contributed by atoms with Crippen LogP contribution in [0.15, 0.2) is 45.8 Å². The number of piperidine rings is 1. The Morgan fingerprint density at radius 2 is 1.73 bits per heavy atom. The van der Waals surface area contributed by atoms with E-state index in [9.17, 15) is 13.2 Å². The number of nitrogens with one attached hydrogen (secondary N) is 1. The molecule has 0 radical (unpaired) electrons. The first kappa shape index (κ1) is 23.0. The third-order valence-corrected chi connectivity index (χ3v) is 8.32. The Bertz CT molecular complexity index is 1040. The number of sulfonamides is 1. The van der Waals surface area contributed by atoms with E-state index < -0.39 is 10.0 Å². The molecule has 1 N–H and O–H groups in total. The number of carbonyl (C=O) groups is 1. The molecule has 1 saturated heterocycles. The molecule has 0 spiro atoms. The molecular formula is C23H29BrN2O3S. The molecule has 0 aliphatic carbocycles. The summed E-state index contributed by atoms with van der Waals surface area (Å²) in [5.41, 5.74) is 4.67. The molecule has 5 nitrogen and oxygen atoms in total. The number of hydrogen-bond donors (Lipinski definition) is 1. The zero-order valence-electron chi connectivity index (χ0n) is 17.9. The predicted octanol–water partition coefficient (Wildman–Crippen LogP) is 4.65. The van der Waals surface area contributed by atoms with Gasteiger partial charge in [0, 0.05) is 17.6 Å². The van der Waals surface area contributed by atoms with Crippen LogP contribution in [0.5, 0.6) is 0 Å². The van der Waals surface area contributed by atoms with Gasteiger partial charge in [-0.15, -0.1) is 0 Å². The summed E-state index contributed by atoms with van der Waals surface area (Å²) in [4.78, 5) is 13.2. The highest BCUT2D eigenvalue weighted by Crippen LogP contribution is 2.26. The molecule has 2 aromatic rings. The fourth-order valence-electron chi connectivity index (χ4n) is 3.99. The fourth-order valence-corrected chi connectivity index (χ4v) is 5.78. The maximum atomic E-state index is 13.0. The molecule has 1 heterocycles.